The maximum atomic E-state index is 13.4. The van der Waals surface area contributed by atoms with Gasteiger partial charge in [-0.3, -0.25) is 9.63 Å². The summed E-state index contributed by atoms with van der Waals surface area (Å²) in [6.07, 6.45) is 1.92. The quantitative estimate of drug-likeness (QED) is 0.836. The number of hydroxylamine groups is 2. The van der Waals surface area contributed by atoms with Crippen molar-refractivity contribution in [3.05, 3.63) is 30.3 Å². The fourth-order valence-electron chi connectivity index (χ4n) is 4.71. The van der Waals surface area contributed by atoms with Crippen molar-refractivity contribution in [3.8, 4) is 0 Å². The number of nitrogens with one attached hydrogen (secondary N) is 1. The van der Waals surface area contributed by atoms with Crippen molar-refractivity contribution in [1.29, 1.82) is 0 Å². The molecule has 0 atom stereocenters. The zero-order valence-corrected chi connectivity index (χ0v) is 16.3. The van der Waals surface area contributed by atoms with Crippen molar-refractivity contribution in [2.75, 3.05) is 11.5 Å². The number of amides is 3. The van der Waals surface area contributed by atoms with Crippen LogP contribution in [0, 0.1) is 0 Å². The van der Waals surface area contributed by atoms with E-state index in [2.05, 4.69) is 39.9 Å². The Morgan fingerprint density at radius 1 is 1.04 bits per heavy atom. The van der Waals surface area contributed by atoms with E-state index >= 15 is 0 Å². The summed E-state index contributed by atoms with van der Waals surface area (Å²) in [4.78, 5) is 33.4. The first-order chi connectivity index (χ1) is 12.1. The van der Waals surface area contributed by atoms with E-state index in [1.165, 1.54) is 4.90 Å². The summed E-state index contributed by atoms with van der Waals surface area (Å²) in [7, 11) is 0. The van der Waals surface area contributed by atoms with Gasteiger partial charge in [0.15, 0.2) is 0 Å². The lowest BCUT2D eigenvalue weighted by molar-refractivity contribution is -0.288. The molecule has 0 radical (unpaired) electrons. The maximum absolute atomic E-state index is 13.4. The van der Waals surface area contributed by atoms with E-state index in [1.54, 1.807) is 12.1 Å². The number of carbonyl (C=O) groups excluding carboxylic acids is 2. The second kappa shape index (κ2) is 6.35. The normalized spacial score (nSPS) is 24.1. The highest BCUT2D eigenvalue weighted by molar-refractivity contribution is 6.23. The van der Waals surface area contributed by atoms with E-state index in [4.69, 9.17) is 4.84 Å². The molecule has 1 N–H and O–H groups in total. The Balaban J connectivity index is 1.94. The van der Waals surface area contributed by atoms with Gasteiger partial charge in [0, 0.05) is 11.1 Å². The van der Waals surface area contributed by atoms with E-state index in [-0.39, 0.29) is 11.9 Å². The minimum Gasteiger partial charge on any atom is -0.323 e. The van der Waals surface area contributed by atoms with Crippen LogP contribution >= 0.6 is 0 Å². The summed E-state index contributed by atoms with van der Waals surface area (Å²) in [5.74, 6) is -0.176. The van der Waals surface area contributed by atoms with E-state index in [0.29, 0.717) is 25.1 Å². The SMILES string of the molecule is CCCON1C(C)(C)CC2(CC1(C)C)NC(=O)N(c1ccccc1)C2=O. The first-order valence-electron chi connectivity index (χ1n) is 9.28. The summed E-state index contributed by atoms with van der Waals surface area (Å²) in [6, 6.07) is 8.74. The number of carbonyl (C=O) groups is 2. The third-order valence-corrected chi connectivity index (χ3v) is 5.17. The van der Waals surface area contributed by atoms with Crippen molar-refractivity contribution >= 4 is 17.6 Å². The van der Waals surface area contributed by atoms with Gasteiger partial charge < -0.3 is 5.32 Å². The first kappa shape index (κ1) is 18.9. The van der Waals surface area contributed by atoms with Crippen LogP contribution in [0.1, 0.15) is 53.9 Å². The Kier molecular flexibility index (Phi) is 4.61. The van der Waals surface area contributed by atoms with Crippen LogP contribution in [-0.2, 0) is 9.63 Å². The van der Waals surface area contributed by atoms with Crippen molar-refractivity contribution in [2.24, 2.45) is 0 Å². The fraction of sp³-hybridized carbons (Fsp3) is 0.600. The predicted molar refractivity (Wildman–Crippen MR) is 101 cm³/mol. The maximum Gasteiger partial charge on any atom is 0.329 e. The van der Waals surface area contributed by atoms with E-state index in [0.717, 1.165) is 6.42 Å². The summed E-state index contributed by atoms with van der Waals surface area (Å²) in [5.41, 5.74) is -1.10. The molecule has 0 unspecified atom stereocenters. The largest absolute Gasteiger partial charge is 0.329 e. The summed E-state index contributed by atoms with van der Waals surface area (Å²) < 4.78 is 0. The Hall–Kier alpha value is -1.92. The number of para-hydroxylation sites is 1. The van der Waals surface area contributed by atoms with Crippen molar-refractivity contribution in [3.63, 3.8) is 0 Å². The molecule has 2 heterocycles. The topological polar surface area (TPSA) is 61.9 Å². The van der Waals surface area contributed by atoms with Gasteiger partial charge in [-0.2, -0.15) is 5.06 Å². The molecule has 6 nitrogen and oxygen atoms in total. The molecule has 2 aliphatic heterocycles. The van der Waals surface area contributed by atoms with Gasteiger partial charge in [0.25, 0.3) is 5.91 Å². The van der Waals surface area contributed by atoms with Crippen LogP contribution in [0.3, 0.4) is 0 Å². The molecule has 2 saturated heterocycles. The number of piperidine rings is 1. The van der Waals surface area contributed by atoms with Gasteiger partial charge in [0.05, 0.1) is 12.3 Å². The number of anilines is 1. The Morgan fingerprint density at radius 3 is 2.15 bits per heavy atom. The minimum absolute atomic E-state index is 0.176. The first-order valence-corrected chi connectivity index (χ1v) is 9.28. The number of benzene rings is 1. The molecule has 0 bridgehead atoms. The number of urea groups is 1. The predicted octanol–water partition coefficient (Wildman–Crippen LogP) is 3.48. The van der Waals surface area contributed by atoms with Crippen LogP contribution in [0.2, 0.25) is 0 Å². The Bertz CT molecular complexity index is 682. The van der Waals surface area contributed by atoms with E-state index in [9.17, 15) is 9.59 Å². The summed E-state index contributed by atoms with van der Waals surface area (Å²) in [5, 5.41) is 5.02. The van der Waals surface area contributed by atoms with E-state index in [1.807, 2.05) is 23.3 Å². The molecule has 2 aliphatic rings. The van der Waals surface area contributed by atoms with Crippen LogP contribution < -0.4 is 10.2 Å². The average molecular weight is 359 g/mol. The number of hydrogen-bond donors (Lipinski definition) is 1. The molecule has 26 heavy (non-hydrogen) atoms. The van der Waals surface area contributed by atoms with Crippen molar-refractivity contribution < 1.29 is 14.4 Å². The average Bonchev–Trinajstić information content (AvgIpc) is 2.75. The van der Waals surface area contributed by atoms with Crippen LogP contribution in [0.15, 0.2) is 30.3 Å². The highest BCUT2D eigenvalue weighted by Crippen LogP contribution is 2.46. The van der Waals surface area contributed by atoms with Crippen LogP contribution in [0.5, 0.6) is 0 Å². The van der Waals surface area contributed by atoms with Gasteiger partial charge in [-0.05, 0) is 59.1 Å². The molecule has 3 amide bonds. The minimum atomic E-state index is -0.911. The second-order valence-electron chi connectivity index (χ2n) is 8.59. The molecule has 1 spiro atoms. The summed E-state index contributed by atoms with van der Waals surface area (Å²) in [6.45, 7) is 11.0. The molecule has 0 aliphatic carbocycles. The smallest absolute Gasteiger partial charge is 0.323 e. The van der Waals surface area contributed by atoms with Gasteiger partial charge in [0.2, 0.25) is 0 Å². The number of hydrogen-bond acceptors (Lipinski definition) is 4. The zero-order chi connectivity index (χ0) is 19.2. The number of rotatable bonds is 4. The van der Waals surface area contributed by atoms with Crippen LogP contribution in [0.25, 0.3) is 0 Å². The van der Waals surface area contributed by atoms with Crippen LogP contribution in [-0.4, -0.2) is 40.2 Å². The molecule has 6 heteroatoms. The third kappa shape index (κ3) is 3.01. The van der Waals surface area contributed by atoms with E-state index < -0.39 is 16.6 Å². The molecular weight excluding hydrogens is 330 g/mol. The molecule has 0 saturated carbocycles. The second-order valence-corrected chi connectivity index (χ2v) is 8.59. The van der Waals surface area contributed by atoms with Gasteiger partial charge in [-0.1, -0.05) is 25.1 Å². The molecule has 142 valence electrons. The monoisotopic (exact) mass is 359 g/mol. The van der Waals surface area contributed by atoms with Gasteiger partial charge in [-0.15, -0.1) is 0 Å². The van der Waals surface area contributed by atoms with Crippen molar-refractivity contribution in [1.82, 2.24) is 10.4 Å². The third-order valence-electron chi connectivity index (χ3n) is 5.17. The van der Waals surface area contributed by atoms with Gasteiger partial charge in [-0.25, -0.2) is 9.69 Å². The molecular formula is C20H29N3O3. The zero-order valence-electron chi connectivity index (χ0n) is 16.3. The molecule has 2 fully saturated rings. The number of nitrogens with zero attached hydrogens (tertiary/aromatic N) is 2. The Morgan fingerprint density at radius 2 is 1.62 bits per heavy atom. The van der Waals surface area contributed by atoms with Gasteiger partial charge in [0.1, 0.15) is 5.54 Å². The molecule has 3 rings (SSSR count). The lowest BCUT2D eigenvalue weighted by Gasteiger charge is -2.56. The lowest BCUT2D eigenvalue weighted by atomic mass is 9.70. The number of imide groups is 1. The van der Waals surface area contributed by atoms with Crippen LogP contribution in [0.4, 0.5) is 10.5 Å². The molecule has 1 aromatic carbocycles. The Labute approximate surface area is 155 Å². The lowest BCUT2D eigenvalue weighted by Crippen LogP contribution is -2.69. The fourth-order valence-corrected chi connectivity index (χ4v) is 4.71. The highest BCUT2D eigenvalue weighted by Gasteiger charge is 2.62. The molecule has 1 aromatic rings. The summed E-state index contributed by atoms with van der Waals surface area (Å²) >= 11 is 0. The standard InChI is InChI=1S/C20H29N3O3/c1-6-12-26-23-18(2,3)13-20(14-19(23,4)5)16(24)22(17(25)21-20)15-10-8-7-9-11-15/h7-11H,6,12-14H2,1-5H3,(H,21,25). The van der Waals surface area contributed by atoms with Crippen molar-refractivity contribution in [2.45, 2.75) is 70.5 Å². The van der Waals surface area contributed by atoms with Gasteiger partial charge >= 0.3 is 6.03 Å². The molecule has 0 aromatic heterocycles. The highest BCUT2D eigenvalue weighted by atomic mass is 16.7.